The van der Waals surface area contributed by atoms with E-state index in [-0.39, 0.29) is 0 Å². The largest absolute Gasteiger partial charge is 0.388 e. The highest BCUT2D eigenvalue weighted by Gasteiger charge is 2.32. The Hall–Kier alpha value is -0.870. The van der Waals surface area contributed by atoms with Crippen molar-refractivity contribution < 1.29 is 5.11 Å². The summed E-state index contributed by atoms with van der Waals surface area (Å²) >= 11 is 5.97. The summed E-state index contributed by atoms with van der Waals surface area (Å²) in [5.74, 6) is 0.797. The van der Waals surface area contributed by atoms with Gasteiger partial charge >= 0.3 is 0 Å². The predicted molar refractivity (Wildman–Crippen MR) is 68.5 cm³/mol. The number of halogens is 1. The standard InChI is InChI=1S/C12H18ClN3O/c1-9-10(13)14-8-15-11(9)16(2)7-12(17)5-3-4-6-12/h8,17H,3-7H2,1-2H3. The van der Waals surface area contributed by atoms with Crippen LogP contribution in [0.4, 0.5) is 5.82 Å². The molecule has 1 heterocycles. The van der Waals surface area contributed by atoms with Gasteiger partial charge in [0, 0.05) is 19.2 Å². The summed E-state index contributed by atoms with van der Waals surface area (Å²) in [5, 5.41) is 10.8. The van der Waals surface area contributed by atoms with Crippen LogP contribution in [0.15, 0.2) is 6.33 Å². The van der Waals surface area contributed by atoms with Gasteiger partial charge in [0.05, 0.1) is 5.60 Å². The first-order valence-electron chi connectivity index (χ1n) is 5.92. The highest BCUT2D eigenvalue weighted by atomic mass is 35.5. The van der Waals surface area contributed by atoms with Crippen molar-refractivity contribution in [1.82, 2.24) is 9.97 Å². The molecule has 0 unspecified atom stereocenters. The van der Waals surface area contributed by atoms with Gasteiger partial charge in [-0.3, -0.25) is 0 Å². The molecule has 0 bridgehead atoms. The molecule has 0 spiro atoms. The number of hydrogen-bond acceptors (Lipinski definition) is 4. The monoisotopic (exact) mass is 255 g/mol. The van der Waals surface area contributed by atoms with E-state index in [1.54, 1.807) is 0 Å². The molecule has 1 aromatic rings. The minimum atomic E-state index is -0.571. The highest BCUT2D eigenvalue weighted by molar-refractivity contribution is 6.30. The Morgan fingerprint density at radius 1 is 1.41 bits per heavy atom. The van der Waals surface area contributed by atoms with Crippen LogP contribution in [-0.4, -0.2) is 34.3 Å². The van der Waals surface area contributed by atoms with Crippen molar-refractivity contribution in [3.63, 3.8) is 0 Å². The SMILES string of the molecule is Cc1c(Cl)ncnc1N(C)CC1(O)CCCC1. The van der Waals surface area contributed by atoms with Crippen LogP contribution < -0.4 is 4.90 Å². The number of rotatable bonds is 3. The molecule has 1 saturated carbocycles. The van der Waals surface area contributed by atoms with E-state index in [1.807, 2.05) is 18.9 Å². The van der Waals surface area contributed by atoms with Gasteiger partial charge in [-0.2, -0.15) is 0 Å². The quantitative estimate of drug-likeness (QED) is 0.841. The van der Waals surface area contributed by atoms with Gasteiger partial charge in [-0.1, -0.05) is 24.4 Å². The second-order valence-corrected chi connectivity index (χ2v) is 5.26. The molecule has 1 N–H and O–H groups in total. The van der Waals surface area contributed by atoms with Crippen LogP contribution in [0.25, 0.3) is 0 Å². The lowest BCUT2D eigenvalue weighted by atomic mass is 10.0. The van der Waals surface area contributed by atoms with Crippen molar-refractivity contribution in [2.45, 2.75) is 38.2 Å². The van der Waals surface area contributed by atoms with Crippen molar-refractivity contribution >= 4 is 17.4 Å². The Morgan fingerprint density at radius 2 is 2.06 bits per heavy atom. The summed E-state index contributed by atoms with van der Waals surface area (Å²) in [6, 6.07) is 0. The maximum atomic E-state index is 10.4. The van der Waals surface area contributed by atoms with Crippen molar-refractivity contribution in [3.8, 4) is 0 Å². The Morgan fingerprint density at radius 3 is 2.71 bits per heavy atom. The molecule has 1 fully saturated rings. The minimum Gasteiger partial charge on any atom is -0.388 e. The van der Waals surface area contributed by atoms with Crippen LogP contribution >= 0.6 is 11.6 Å². The highest BCUT2D eigenvalue weighted by Crippen LogP contribution is 2.31. The summed E-state index contributed by atoms with van der Waals surface area (Å²) in [6.45, 7) is 2.49. The lowest BCUT2D eigenvalue weighted by Gasteiger charge is -2.30. The van der Waals surface area contributed by atoms with Gasteiger partial charge in [-0.25, -0.2) is 9.97 Å². The molecule has 0 aliphatic heterocycles. The summed E-state index contributed by atoms with van der Waals surface area (Å²) in [7, 11) is 1.93. The number of nitrogens with zero attached hydrogens (tertiary/aromatic N) is 3. The predicted octanol–water partition coefficient (Wildman–Crippen LogP) is 2.18. The average molecular weight is 256 g/mol. The zero-order chi connectivity index (χ0) is 12.5. The van der Waals surface area contributed by atoms with Gasteiger partial charge in [-0.15, -0.1) is 0 Å². The Bertz CT molecular complexity index is 405. The summed E-state index contributed by atoms with van der Waals surface area (Å²) in [6.07, 6.45) is 5.41. The summed E-state index contributed by atoms with van der Waals surface area (Å²) in [4.78, 5) is 10.1. The Kier molecular flexibility index (Phi) is 3.54. The van der Waals surface area contributed by atoms with E-state index in [0.29, 0.717) is 11.7 Å². The van der Waals surface area contributed by atoms with Crippen molar-refractivity contribution in [2.24, 2.45) is 0 Å². The number of likely N-dealkylation sites (N-methyl/N-ethyl adjacent to an activating group) is 1. The summed E-state index contributed by atoms with van der Waals surface area (Å²) < 4.78 is 0. The fraction of sp³-hybridized carbons (Fsp3) is 0.667. The van der Waals surface area contributed by atoms with Gasteiger partial charge in [-0.05, 0) is 19.8 Å². The zero-order valence-electron chi connectivity index (χ0n) is 10.3. The molecule has 0 aromatic carbocycles. The third-order valence-corrected chi connectivity index (χ3v) is 3.80. The number of anilines is 1. The molecule has 0 radical (unpaired) electrons. The minimum absolute atomic E-state index is 0.472. The third-order valence-electron chi connectivity index (χ3n) is 3.42. The smallest absolute Gasteiger partial charge is 0.137 e. The Balaban J connectivity index is 2.14. The number of aromatic nitrogens is 2. The first kappa shape index (κ1) is 12.6. The van der Waals surface area contributed by atoms with Crippen LogP contribution in [0.5, 0.6) is 0 Å². The van der Waals surface area contributed by atoms with Gasteiger partial charge in [0.2, 0.25) is 0 Å². The molecule has 1 aromatic heterocycles. The first-order valence-corrected chi connectivity index (χ1v) is 6.30. The van der Waals surface area contributed by atoms with E-state index in [4.69, 9.17) is 11.6 Å². The molecule has 1 aliphatic rings. The van der Waals surface area contributed by atoms with Gasteiger partial charge in [0.1, 0.15) is 17.3 Å². The summed E-state index contributed by atoms with van der Waals surface area (Å²) in [5.41, 5.74) is 0.289. The molecule has 1 aliphatic carbocycles. The van der Waals surface area contributed by atoms with Crippen LogP contribution in [-0.2, 0) is 0 Å². The van der Waals surface area contributed by atoms with E-state index in [9.17, 15) is 5.11 Å². The van der Waals surface area contributed by atoms with Crippen LogP contribution in [0.2, 0.25) is 5.15 Å². The van der Waals surface area contributed by atoms with E-state index in [1.165, 1.54) is 6.33 Å². The molecule has 4 nitrogen and oxygen atoms in total. The maximum Gasteiger partial charge on any atom is 0.137 e. The molecule has 94 valence electrons. The first-order chi connectivity index (χ1) is 8.02. The van der Waals surface area contributed by atoms with Crippen molar-refractivity contribution in [2.75, 3.05) is 18.5 Å². The van der Waals surface area contributed by atoms with Gasteiger partial charge in [0.15, 0.2) is 0 Å². The third kappa shape index (κ3) is 2.69. The second-order valence-electron chi connectivity index (χ2n) is 4.90. The average Bonchev–Trinajstić information content (AvgIpc) is 2.68. The zero-order valence-corrected chi connectivity index (χ0v) is 11.0. The van der Waals surface area contributed by atoms with Crippen LogP contribution in [0.1, 0.15) is 31.2 Å². The number of hydrogen-bond donors (Lipinski definition) is 1. The lowest BCUT2D eigenvalue weighted by molar-refractivity contribution is 0.0557. The molecular formula is C12H18ClN3O. The lowest BCUT2D eigenvalue weighted by Crippen LogP contribution is -2.39. The normalized spacial score (nSPS) is 18.4. The van der Waals surface area contributed by atoms with E-state index >= 15 is 0 Å². The maximum absolute atomic E-state index is 10.4. The number of aliphatic hydroxyl groups is 1. The fourth-order valence-corrected chi connectivity index (χ4v) is 2.64. The van der Waals surface area contributed by atoms with E-state index < -0.39 is 5.60 Å². The Labute approximate surface area is 107 Å². The van der Waals surface area contributed by atoms with Crippen LogP contribution in [0.3, 0.4) is 0 Å². The van der Waals surface area contributed by atoms with Crippen molar-refractivity contribution in [3.05, 3.63) is 17.0 Å². The molecule has 0 saturated heterocycles. The molecular weight excluding hydrogens is 238 g/mol. The molecule has 2 rings (SSSR count). The molecule has 0 amide bonds. The second kappa shape index (κ2) is 4.78. The van der Waals surface area contributed by atoms with Crippen molar-refractivity contribution in [1.29, 1.82) is 0 Å². The fourth-order valence-electron chi connectivity index (χ4n) is 2.51. The van der Waals surface area contributed by atoms with E-state index in [2.05, 4.69) is 9.97 Å². The van der Waals surface area contributed by atoms with Crippen LogP contribution in [0, 0.1) is 6.92 Å². The van der Waals surface area contributed by atoms with Gasteiger partial charge in [0.25, 0.3) is 0 Å². The van der Waals surface area contributed by atoms with Gasteiger partial charge < -0.3 is 10.0 Å². The van der Waals surface area contributed by atoms with E-state index in [0.717, 1.165) is 37.1 Å². The molecule has 17 heavy (non-hydrogen) atoms. The topological polar surface area (TPSA) is 49.2 Å². The molecule has 0 atom stereocenters. The molecule has 5 heteroatoms.